The molecular weight excluding hydrogens is 346 g/mol. The van der Waals surface area contributed by atoms with Crippen LogP contribution in [0, 0.1) is 0 Å². The van der Waals surface area contributed by atoms with Gasteiger partial charge in [0, 0.05) is 31.4 Å². The van der Waals surface area contributed by atoms with Gasteiger partial charge in [-0.1, -0.05) is 13.8 Å². The van der Waals surface area contributed by atoms with Gasteiger partial charge >= 0.3 is 5.97 Å². The quantitative estimate of drug-likeness (QED) is 0.612. The lowest BCUT2D eigenvalue weighted by atomic mass is 10.2. The molecule has 3 N–H and O–H groups in total. The number of sulfonamides is 1. The van der Waals surface area contributed by atoms with Gasteiger partial charge in [-0.2, -0.15) is 0 Å². The molecule has 8 nitrogen and oxygen atoms in total. The summed E-state index contributed by atoms with van der Waals surface area (Å²) < 4.78 is 28.9. The predicted octanol–water partition coefficient (Wildman–Crippen LogP) is 1.78. The number of carbonyl (C=O) groups is 1. The molecular formula is C16H21N3O5S. The Morgan fingerprint density at radius 3 is 2.72 bits per heavy atom. The van der Waals surface area contributed by atoms with Crippen molar-refractivity contribution in [1.29, 1.82) is 0 Å². The summed E-state index contributed by atoms with van der Waals surface area (Å²) in [4.78, 5) is 15.1. The molecule has 1 aromatic carbocycles. The second kappa shape index (κ2) is 7.66. The first-order chi connectivity index (χ1) is 11.7. The molecule has 0 radical (unpaired) electrons. The summed E-state index contributed by atoms with van der Waals surface area (Å²) in [6.07, 6.45) is 4.12. The third-order valence-electron chi connectivity index (χ3n) is 3.64. The molecule has 0 spiro atoms. The van der Waals surface area contributed by atoms with Crippen LogP contribution in [-0.2, 0) is 16.6 Å². The highest BCUT2D eigenvalue weighted by atomic mass is 32.2. The lowest BCUT2D eigenvalue weighted by Gasteiger charge is -2.11. The van der Waals surface area contributed by atoms with Crippen LogP contribution < -0.4 is 4.72 Å². The summed E-state index contributed by atoms with van der Waals surface area (Å²) in [5.41, 5.74) is -0.456. The molecule has 0 aliphatic heterocycles. The Morgan fingerprint density at radius 1 is 1.36 bits per heavy atom. The van der Waals surface area contributed by atoms with Crippen molar-refractivity contribution in [3.63, 3.8) is 0 Å². The van der Waals surface area contributed by atoms with Gasteiger partial charge in [-0.3, -0.25) is 0 Å². The highest BCUT2D eigenvalue weighted by molar-refractivity contribution is 7.89. The number of phenols is 1. The van der Waals surface area contributed by atoms with Gasteiger partial charge in [0.15, 0.2) is 0 Å². The molecule has 0 amide bonds. The molecule has 2 rings (SSSR count). The number of carboxylic acids is 1. The van der Waals surface area contributed by atoms with Crippen molar-refractivity contribution < 1.29 is 23.4 Å². The van der Waals surface area contributed by atoms with Crippen LogP contribution in [0.4, 0.5) is 0 Å². The van der Waals surface area contributed by atoms with Crippen LogP contribution in [0.15, 0.2) is 35.5 Å². The Morgan fingerprint density at radius 2 is 2.08 bits per heavy atom. The zero-order chi connectivity index (χ0) is 18.6. The average molecular weight is 367 g/mol. The van der Waals surface area contributed by atoms with E-state index in [1.165, 1.54) is 0 Å². The summed E-state index contributed by atoms with van der Waals surface area (Å²) >= 11 is 0. The summed E-state index contributed by atoms with van der Waals surface area (Å²) in [6, 6.07) is 3.15. The molecule has 2 aromatic rings. The number of hydrogen-bond donors (Lipinski definition) is 3. The lowest BCUT2D eigenvalue weighted by molar-refractivity contribution is 0.0693. The van der Waals surface area contributed by atoms with Crippen molar-refractivity contribution in [1.82, 2.24) is 14.3 Å². The van der Waals surface area contributed by atoms with Gasteiger partial charge in [0.05, 0.1) is 4.90 Å². The van der Waals surface area contributed by atoms with Gasteiger partial charge < -0.3 is 14.8 Å². The van der Waals surface area contributed by atoms with E-state index in [0.29, 0.717) is 13.0 Å². The number of benzene rings is 1. The fraction of sp³-hybridized carbons (Fsp3) is 0.375. The Balaban J connectivity index is 1.99. The fourth-order valence-electron chi connectivity index (χ4n) is 2.40. The first-order valence-corrected chi connectivity index (χ1v) is 9.27. The van der Waals surface area contributed by atoms with Crippen LogP contribution in [0.2, 0.25) is 0 Å². The monoisotopic (exact) mass is 367 g/mol. The van der Waals surface area contributed by atoms with Gasteiger partial charge in [-0.25, -0.2) is 22.9 Å². The molecule has 0 saturated carbocycles. The van der Waals surface area contributed by atoms with E-state index in [1.54, 1.807) is 6.20 Å². The van der Waals surface area contributed by atoms with E-state index in [0.717, 1.165) is 24.0 Å². The standard InChI is InChI=1S/C16H21N3O5S/c1-11(2)15-17-7-9-19(15)8-3-6-18-25(23,24)12-4-5-14(20)13(10-12)16(21)22/h4-5,7,9-11,18,20H,3,6,8H2,1-2H3,(H,21,22). The highest BCUT2D eigenvalue weighted by Gasteiger charge is 2.18. The largest absolute Gasteiger partial charge is 0.507 e. The summed E-state index contributed by atoms with van der Waals surface area (Å²) in [5.74, 6) is -0.658. The van der Waals surface area contributed by atoms with E-state index in [4.69, 9.17) is 5.11 Å². The minimum Gasteiger partial charge on any atom is -0.507 e. The van der Waals surface area contributed by atoms with Crippen molar-refractivity contribution in [3.8, 4) is 5.75 Å². The molecule has 0 aliphatic rings. The third kappa shape index (κ3) is 4.58. The third-order valence-corrected chi connectivity index (χ3v) is 5.10. The molecule has 1 aromatic heterocycles. The Bertz CT molecular complexity index is 858. The number of nitrogens with zero attached hydrogens (tertiary/aromatic N) is 2. The zero-order valence-corrected chi connectivity index (χ0v) is 14.8. The van der Waals surface area contributed by atoms with E-state index in [2.05, 4.69) is 9.71 Å². The lowest BCUT2D eigenvalue weighted by Crippen LogP contribution is -2.26. The number of aromatic nitrogens is 2. The summed E-state index contributed by atoms with van der Waals surface area (Å²) in [6.45, 7) is 4.88. The normalized spacial score (nSPS) is 11.8. The Hall–Kier alpha value is -2.39. The number of imidazole rings is 1. The van der Waals surface area contributed by atoms with Crippen LogP contribution in [0.25, 0.3) is 0 Å². The maximum Gasteiger partial charge on any atom is 0.339 e. The van der Waals surface area contributed by atoms with E-state index in [-0.39, 0.29) is 17.4 Å². The molecule has 0 aliphatic carbocycles. The maximum atomic E-state index is 12.2. The van der Waals surface area contributed by atoms with Crippen molar-refractivity contribution in [2.45, 2.75) is 37.6 Å². The van der Waals surface area contributed by atoms with E-state index >= 15 is 0 Å². The molecule has 0 fully saturated rings. The van der Waals surface area contributed by atoms with Crippen molar-refractivity contribution in [3.05, 3.63) is 42.0 Å². The molecule has 25 heavy (non-hydrogen) atoms. The zero-order valence-electron chi connectivity index (χ0n) is 14.0. The van der Waals surface area contributed by atoms with Crippen LogP contribution in [-0.4, -0.2) is 40.7 Å². The Labute approximate surface area is 146 Å². The minimum atomic E-state index is -3.85. The smallest absolute Gasteiger partial charge is 0.339 e. The van der Waals surface area contributed by atoms with Crippen LogP contribution >= 0.6 is 0 Å². The Kier molecular flexibility index (Phi) is 5.81. The molecule has 0 atom stereocenters. The van der Waals surface area contributed by atoms with Crippen molar-refractivity contribution in [2.75, 3.05) is 6.54 Å². The number of carboxylic acid groups (broad SMARTS) is 1. The number of aryl methyl sites for hydroxylation is 1. The predicted molar refractivity (Wildman–Crippen MR) is 91.2 cm³/mol. The van der Waals surface area contributed by atoms with Crippen molar-refractivity contribution >= 4 is 16.0 Å². The number of hydrogen-bond acceptors (Lipinski definition) is 5. The second-order valence-corrected chi connectivity index (χ2v) is 7.64. The number of rotatable bonds is 8. The number of nitrogens with one attached hydrogen (secondary N) is 1. The SMILES string of the molecule is CC(C)c1nccn1CCCNS(=O)(=O)c1ccc(O)c(C(=O)O)c1. The van der Waals surface area contributed by atoms with Gasteiger partial charge in [0.2, 0.25) is 10.0 Å². The first-order valence-electron chi connectivity index (χ1n) is 7.79. The van der Waals surface area contributed by atoms with E-state index in [1.807, 2.05) is 24.6 Å². The van der Waals surface area contributed by atoms with Crippen LogP contribution in [0.3, 0.4) is 0 Å². The molecule has 1 heterocycles. The fourth-order valence-corrected chi connectivity index (χ4v) is 3.50. The van der Waals surface area contributed by atoms with Crippen LogP contribution in [0.5, 0.6) is 5.75 Å². The number of aromatic hydroxyl groups is 1. The van der Waals surface area contributed by atoms with Gasteiger partial charge in [-0.15, -0.1) is 0 Å². The second-order valence-electron chi connectivity index (χ2n) is 5.87. The molecule has 136 valence electrons. The average Bonchev–Trinajstić information content (AvgIpc) is 3.00. The minimum absolute atomic E-state index is 0.196. The summed E-state index contributed by atoms with van der Waals surface area (Å²) in [5, 5.41) is 18.4. The molecule has 0 saturated heterocycles. The van der Waals surface area contributed by atoms with E-state index < -0.39 is 27.3 Å². The first kappa shape index (κ1) is 18.9. The van der Waals surface area contributed by atoms with Gasteiger partial charge in [0.25, 0.3) is 0 Å². The maximum absolute atomic E-state index is 12.2. The number of aromatic carboxylic acids is 1. The highest BCUT2D eigenvalue weighted by Crippen LogP contribution is 2.21. The van der Waals surface area contributed by atoms with Gasteiger partial charge in [-0.05, 0) is 24.6 Å². The van der Waals surface area contributed by atoms with Crippen molar-refractivity contribution in [2.24, 2.45) is 0 Å². The van der Waals surface area contributed by atoms with E-state index in [9.17, 15) is 18.3 Å². The topological polar surface area (TPSA) is 122 Å². The molecule has 0 bridgehead atoms. The van der Waals surface area contributed by atoms with Crippen LogP contribution in [0.1, 0.15) is 42.4 Å². The van der Waals surface area contributed by atoms with Gasteiger partial charge in [0.1, 0.15) is 17.1 Å². The molecule has 0 unspecified atom stereocenters. The molecule has 9 heteroatoms. The summed E-state index contributed by atoms with van der Waals surface area (Å²) in [7, 11) is -3.85.